The number of alkyl halides is 1. The van der Waals surface area contributed by atoms with Gasteiger partial charge in [0, 0.05) is 11.3 Å². The van der Waals surface area contributed by atoms with E-state index in [0.29, 0.717) is 18.1 Å². The molecular formula is C12H11ClO3. The highest BCUT2D eigenvalue weighted by molar-refractivity contribution is 6.18. The SMILES string of the molecule is CCOC(=O)c1cc2c(CCl)cccc2o1. The molecule has 0 amide bonds. The zero-order valence-corrected chi connectivity index (χ0v) is 9.58. The smallest absolute Gasteiger partial charge is 0.374 e. The Bertz CT molecular complexity index is 516. The summed E-state index contributed by atoms with van der Waals surface area (Å²) in [6, 6.07) is 7.22. The molecule has 1 heterocycles. The van der Waals surface area contributed by atoms with Crippen molar-refractivity contribution < 1.29 is 13.9 Å². The Morgan fingerprint density at radius 3 is 3.00 bits per heavy atom. The maximum atomic E-state index is 11.5. The zero-order chi connectivity index (χ0) is 11.5. The Morgan fingerprint density at radius 2 is 2.31 bits per heavy atom. The molecule has 0 bridgehead atoms. The number of fused-ring (bicyclic) bond motifs is 1. The molecule has 84 valence electrons. The van der Waals surface area contributed by atoms with E-state index in [1.54, 1.807) is 19.1 Å². The Kier molecular flexibility index (Phi) is 3.15. The fourth-order valence-corrected chi connectivity index (χ4v) is 1.77. The molecule has 0 aliphatic heterocycles. The molecule has 0 spiro atoms. The first-order valence-corrected chi connectivity index (χ1v) is 5.54. The van der Waals surface area contributed by atoms with Crippen molar-refractivity contribution in [2.75, 3.05) is 6.61 Å². The summed E-state index contributed by atoms with van der Waals surface area (Å²) in [6.07, 6.45) is 0. The molecule has 0 saturated heterocycles. The Hall–Kier alpha value is -1.48. The predicted octanol–water partition coefficient (Wildman–Crippen LogP) is 3.35. The van der Waals surface area contributed by atoms with Crippen LogP contribution in [0, 0.1) is 0 Å². The van der Waals surface area contributed by atoms with Gasteiger partial charge >= 0.3 is 5.97 Å². The number of furan rings is 1. The van der Waals surface area contributed by atoms with Crippen molar-refractivity contribution in [1.82, 2.24) is 0 Å². The summed E-state index contributed by atoms with van der Waals surface area (Å²) in [7, 11) is 0. The van der Waals surface area contributed by atoms with Gasteiger partial charge in [-0.05, 0) is 24.6 Å². The molecule has 0 saturated carbocycles. The Labute approximate surface area is 97.9 Å². The third-order valence-corrected chi connectivity index (χ3v) is 2.56. The van der Waals surface area contributed by atoms with Gasteiger partial charge in [-0.2, -0.15) is 0 Å². The number of benzene rings is 1. The number of hydrogen-bond acceptors (Lipinski definition) is 3. The van der Waals surface area contributed by atoms with Gasteiger partial charge in [0.2, 0.25) is 5.76 Å². The predicted molar refractivity (Wildman–Crippen MR) is 61.7 cm³/mol. The van der Waals surface area contributed by atoms with Crippen LogP contribution in [0.15, 0.2) is 28.7 Å². The van der Waals surface area contributed by atoms with Gasteiger partial charge in [-0.25, -0.2) is 4.79 Å². The van der Waals surface area contributed by atoms with Crippen LogP contribution in [0.2, 0.25) is 0 Å². The molecule has 3 nitrogen and oxygen atoms in total. The first-order chi connectivity index (χ1) is 7.76. The number of rotatable bonds is 3. The van der Waals surface area contributed by atoms with E-state index in [0.717, 1.165) is 10.9 Å². The maximum Gasteiger partial charge on any atom is 0.374 e. The molecular weight excluding hydrogens is 228 g/mol. The molecule has 0 radical (unpaired) electrons. The number of carbonyl (C=O) groups is 1. The van der Waals surface area contributed by atoms with E-state index >= 15 is 0 Å². The lowest BCUT2D eigenvalue weighted by Crippen LogP contribution is -2.02. The van der Waals surface area contributed by atoms with Gasteiger partial charge in [-0.1, -0.05) is 12.1 Å². The van der Waals surface area contributed by atoms with Crippen LogP contribution >= 0.6 is 11.6 Å². The quantitative estimate of drug-likeness (QED) is 0.608. The summed E-state index contributed by atoms with van der Waals surface area (Å²) in [5.74, 6) is 0.160. The molecule has 0 aliphatic carbocycles. The second-order valence-electron chi connectivity index (χ2n) is 3.29. The highest BCUT2D eigenvalue weighted by Gasteiger charge is 2.14. The molecule has 2 rings (SSSR count). The molecule has 0 aliphatic rings. The van der Waals surface area contributed by atoms with Gasteiger partial charge in [0.1, 0.15) is 5.58 Å². The van der Waals surface area contributed by atoms with Gasteiger partial charge in [-0.3, -0.25) is 0 Å². The summed E-state index contributed by atoms with van der Waals surface area (Å²) in [4.78, 5) is 11.5. The maximum absolute atomic E-state index is 11.5. The van der Waals surface area contributed by atoms with Crippen molar-refractivity contribution in [3.05, 3.63) is 35.6 Å². The standard InChI is InChI=1S/C12H11ClO3/c1-2-15-12(14)11-6-9-8(7-13)4-3-5-10(9)16-11/h3-6H,2,7H2,1H3. The average Bonchev–Trinajstić information content (AvgIpc) is 2.72. The van der Waals surface area contributed by atoms with E-state index in [1.807, 2.05) is 12.1 Å². The van der Waals surface area contributed by atoms with Crippen LogP contribution < -0.4 is 0 Å². The molecule has 1 aromatic carbocycles. The Balaban J connectivity index is 2.47. The number of esters is 1. The largest absolute Gasteiger partial charge is 0.460 e. The molecule has 1 aromatic heterocycles. The fourth-order valence-electron chi connectivity index (χ4n) is 1.54. The minimum atomic E-state index is -0.445. The summed E-state index contributed by atoms with van der Waals surface area (Å²) >= 11 is 5.80. The lowest BCUT2D eigenvalue weighted by molar-refractivity contribution is 0.0492. The van der Waals surface area contributed by atoms with E-state index in [-0.39, 0.29) is 5.76 Å². The first-order valence-electron chi connectivity index (χ1n) is 5.00. The van der Waals surface area contributed by atoms with Gasteiger partial charge in [0.15, 0.2) is 0 Å². The molecule has 4 heteroatoms. The highest BCUT2D eigenvalue weighted by Crippen LogP contribution is 2.24. The third-order valence-electron chi connectivity index (χ3n) is 2.27. The van der Waals surface area contributed by atoms with Crippen molar-refractivity contribution in [2.24, 2.45) is 0 Å². The number of halogens is 1. The number of ether oxygens (including phenoxy) is 1. The molecule has 16 heavy (non-hydrogen) atoms. The van der Waals surface area contributed by atoms with E-state index in [1.165, 1.54) is 0 Å². The van der Waals surface area contributed by atoms with Crippen LogP contribution in [0.25, 0.3) is 11.0 Å². The number of hydrogen-bond donors (Lipinski definition) is 0. The van der Waals surface area contributed by atoms with Crippen LogP contribution in [0.5, 0.6) is 0 Å². The average molecular weight is 239 g/mol. The lowest BCUT2D eigenvalue weighted by atomic mass is 10.1. The minimum Gasteiger partial charge on any atom is -0.460 e. The third kappa shape index (κ3) is 1.91. The topological polar surface area (TPSA) is 39.4 Å². The fraction of sp³-hybridized carbons (Fsp3) is 0.250. The summed E-state index contributed by atoms with van der Waals surface area (Å²) in [5.41, 5.74) is 1.60. The van der Waals surface area contributed by atoms with Crippen LogP contribution in [-0.2, 0) is 10.6 Å². The van der Waals surface area contributed by atoms with Crippen molar-refractivity contribution in [3.63, 3.8) is 0 Å². The summed E-state index contributed by atoms with van der Waals surface area (Å²) < 4.78 is 10.3. The van der Waals surface area contributed by atoms with Crippen LogP contribution in [0.1, 0.15) is 23.0 Å². The van der Waals surface area contributed by atoms with Gasteiger partial charge < -0.3 is 9.15 Å². The molecule has 0 N–H and O–H groups in total. The molecule has 0 atom stereocenters. The highest BCUT2D eigenvalue weighted by atomic mass is 35.5. The molecule has 0 unspecified atom stereocenters. The monoisotopic (exact) mass is 238 g/mol. The van der Waals surface area contributed by atoms with Crippen molar-refractivity contribution in [2.45, 2.75) is 12.8 Å². The Morgan fingerprint density at radius 1 is 1.50 bits per heavy atom. The van der Waals surface area contributed by atoms with Crippen molar-refractivity contribution in [1.29, 1.82) is 0 Å². The zero-order valence-electron chi connectivity index (χ0n) is 8.83. The summed E-state index contributed by atoms with van der Waals surface area (Å²) in [6.45, 7) is 2.09. The van der Waals surface area contributed by atoms with Crippen molar-refractivity contribution in [3.8, 4) is 0 Å². The van der Waals surface area contributed by atoms with E-state index < -0.39 is 5.97 Å². The second kappa shape index (κ2) is 4.58. The minimum absolute atomic E-state index is 0.217. The number of carbonyl (C=O) groups excluding carboxylic acids is 1. The molecule has 0 fully saturated rings. The van der Waals surface area contributed by atoms with Crippen LogP contribution in [0.4, 0.5) is 0 Å². The van der Waals surface area contributed by atoms with Crippen LogP contribution in [0.3, 0.4) is 0 Å². The van der Waals surface area contributed by atoms with Crippen LogP contribution in [-0.4, -0.2) is 12.6 Å². The van der Waals surface area contributed by atoms with Crippen molar-refractivity contribution >= 4 is 28.5 Å². The van der Waals surface area contributed by atoms with E-state index in [9.17, 15) is 4.79 Å². The van der Waals surface area contributed by atoms with E-state index in [2.05, 4.69) is 0 Å². The van der Waals surface area contributed by atoms with Gasteiger partial charge in [0.05, 0.1) is 6.61 Å². The first kappa shape index (κ1) is 11.0. The molecule has 2 aromatic rings. The normalized spacial score (nSPS) is 10.6. The summed E-state index contributed by atoms with van der Waals surface area (Å²) in [5, 5.41) is 0.862. The van der Waals surface area contributed by atoms with Gasteiger partial charge in [-0.15, -0.1) is 11.6 Å². The lowest BCUT2D eigenvalue weighted by Gasteiger charge is -1.95. The second-order valence-corrected chi connectivity index (χ2v) is 3.56. The van der Waals surface area contributed by atoms with E-state index in [4.69, 9.17) is 20.8 Å². The van der Waals surface area contributed by atoms with Gasteiger partial charge in [0.25, 0.3) is 0 Å².